The van der Waals surface area contributed by atoms with Gasteiger partial charge in [-0.3, -0.25) is 4.79 Å². The number of carbonyl (C=O) groups is 1. The molecule has 0 aromatic heterocycles. The average Bonchev–Trinajstić information content (AvgIpc) is 2.49. The summed E-state index contributed by atoms with van der Waals surface area (Å²) in [5.74, 6) is 0.173. The van der Waals surface area contributed by atoms with Crippen LogP contribution in [0.3, 0.4) is 0 Å². The Morgan fingerprint density at radius 1 is 1.37 bits per heavy atom. The van der Waals surface area contributed by atoms with E-state index in [2.05, 4.69) is 5.32 Å². The fourth-order valence-corrected chi connectivity index (χ4v) is 2.51. The normalized spacial score (nSPS) is 17.6. The van der Waals surface area contributed by atoms with Crippen LogP contribution in [-0.4, -0.2) is 23.7 Å². The quantitative estimate of drug-likeness (QED) is 0.876. The number of rotatable bonds is 2. The zero-order valence-electron chi connectivity index (χ0n) is 11.3. The van der Waals surface area contributed by atoms with Crippen LogP contribution in [0.15, 0.2) is 17.9 Å². The fraction of sp³-hybridized carbons (Fsp3) is 0.357. The van der Waals surface area contributed by atoms with Gasteiger partial charge in [0.15, 0.2) is 0 Å². The SMILES string of the molecule is COc1cc(Cl)cc(C)c1C1=C(O)C(C)(C)NC1=O. The predicted molar refractivity (Wildman–Crippen MR) is 74.5 cm³/mol. The van der Waals surface area contributed by atoms with Gasteiger partial charge < -0.3 is 15.2 Å². The summed E-state index contributed by atoms with van der Waals surface area (Å²) in [6.07, 6.45) is 0. The highest BCUT2D eigenvalue weighted by Crippen LogP contribution is 2.39. The molecule has 1 aliphatic rings. The van der Waals surface area contributed by atoms with Crippen LogP contribution < -0.4 is 10.1 Å². The molecule has 0 bridgehead atoms. The molecule has 1 amide bonds. The van der Waals surface area contributed by atoms with Gasteiger partial charge in [0.2, 0.25) is 0 Å². The maximum Gasteiger partial charge on any atom is 0.256 e. The summed E-state index contributed by atoms with van der Waals surface area (Å²) in [6.45, 7) is 5.30. The van der Waals surface area contributed by atoms with Crippen molar-refractivity contribution in [1.29, 1.82) is 0 Å². The monoisotopic (exact) mass is 281 g/mol. The Balaban J connectivity index is 2.73. The van der Waals surface area contributed by atoms with Crippen molar-refractivity contribution >= 4 is 23.1 Å². The zero-order chi connectivity index (χ0) is 14.4. The standard InChI is InChI=1S/C14H16ClNO3/c1-7-5-8(15)6-9(19-4)10(7)11-12(17)14(2,3)16-13(11)18/h5-6,17H,1-4H3,(H,16,18). The number of benzene rings is 1. The van der Waals surface area contributed by atoms with Crippen molar-refractivity contribution in [3.05, 3.63) is 34.0 Å². The second kappa shape index (κ2) is 4.46. The Bertz CT molecular complexity index is 591. The third-order valence-corrected chi connectivity index (χ3v) is 3.43. The van der Waals surface area contributed by atoms with Crippen LogP contribution in [-0.2, 0) is 4.79 Å². The Morgan fingerprint density at radius 3 is 2.47 bits per heavy atom. The number of nitrogens with one attached hydrogen (secondary N) is 1. The molecule has 1 aliphatic heterocycles. The molecule has 0 spiro atoms. The molecule has 1 aromatic carbocycles. The molecule has 0 saturated carbocycles. The summed E-state index contributed by atoms with van der Waals surface area (Å²) < 4.78 is 5.27. The van der Waals surface area contributed by atoms with E-state index in [9.17, 15) is 9.90 Å². The Labute approximate surface area is 117 Å². The van der Waals surface area contributed by atoms with Gasteiger partial charge >= 0.3 is 0 Å². The number of aryl methyl sites for hydroxylation is 1. The Kier molecular flexibility index (Phi) is 3.22. The first kappa shape index (κ1) is 13.7. The van der Waals surface area contributed by atoms with Crippen molar-refractivity contribution in [3.63, 3.8) is 0 Å². The van der Waals surface area contributed by atoms with E-state index in [1.54, 1.807) is 26.0 Å². The van der Waals surface area contributed by atoms with Gasteiger partial charge in [-0.25, -0.2) is 0 Å². The van der Waals surface area contributed by atoms with Crippen molar-refractivity contribution in [3.8, 4) is 5.75 Å². The molecule has 0 fully saturated rings. The van der Waals surface area contributed by atoms with Crippen LogP contribution >= 0.6 is 11.6 Å². The van der Waals surface area contributed by atoms with Gasteiger partial charge in [0.1, 0.15) is 11.5 Å². The van der Waals surface area contributed by atoms with E-state index in [4.69, 9.17) is 16.3 Å². The average molecular weight is 282 g/mol. The predicted octanol–water partition coefficient (Wildman–Crippen LogP) is 2.83. The third-order valence-electron chi connectivity index (χ3n) is 3.22. The van der Waals surface area contributed by atoms with Crippen LogP contribution in [0.1, 0.15) is 25.0 Å². The van der Waals surface area contributed by atoms with Crippen molar-refractivity contribution in [1.82, 2.24) is 5.32 Å². The summed E-state index contributed by atoms with van der Waals surface area (Å²) in [6, 6.07) is 3.36. The van der Waals surface area contributed by atoms with E-state index in [0.717, 1.165) is 5.56 Å². The molecule has 2 rings (SSSR count). The highest BCUT2D eigenvalue weighted by molar-refractivity contribution is 6.31. The highest BCUT2D eigenvalue weighted by Gasteiger charge is 2.40. The van der Waals surface area contributed by atoms with Gasteiger partial charge in [0.05, 0.1) is 18.2 Å². The first-order valence-electron chi connectivity index (χ1n) is 5.88. The molecular weight excluding hydrogens is 266 g/mol. The lowest BCUT2D eigenvalue weighted by molar-refractivity contribution is -0.115. The molecule has 19 heavy (non-hydrogen) atoms. The van der Waals surface area contributed by atoms with E-state index in [0.29, 0.717) is 16.3 Å². The summed E-state index contributed by atoms with van der Waals surface area (Å²) in [7, 11) is 1.50. The van der Waals surface area contributed by atoms with Crippen LogP contribution in [0.2, 0.25) is 5.02 Å². The topological polar surface area (TPSA) is 58.6 Å². The summed E-state index contributed by atoms with van der Waals surface area (Å²) in [5, 5.41) is 13.5. The van der Waals surface area contributed by atoms with Crippen molar-refractivity contribution in [2.45, 2.75) is 26.3 Å². The molecule has 0 unspecified atom stereocenters. The summed E-state index contributed by atoms with van der Waals surface area (Å²) in [5.41, 5.74) is 0.825. The maximum atomic E-state index is 12.1. The van der Waals surface area contributed by atoms with Crippen molar-refractivity contribution in [2.75, 3.05) is 7.11 Å². The number of halogens is 1. The van der Waals surface area contributed by atoms with E-state index in [1.165, 1.54) is 7.11 Å². The molecule has 0 atom stereocenters. The lowest BCUT2D eigenvalue weighted by atomic mass is 9.95. The molecule has 0 radical (unpaired) electrons. The molecule has 0 aliphatic carbocycles. The molecule has 2 N–H and O–H groups in total. The second-order valence-electron chi connectivity index (χ2n) is 5.10. The van der Waals surface area contributed by atoms with Gasteiger partial charge in [-0.2, -0.15) is 0 Å². The number of carbonyl (C=O) groups excluding carboxylic acids is 1. The number of ether oxygens (including phenoxy) is 1. The number of methoxy groups -OCH3 is 1. The molecule has 1 heterocycles. The van der Waals surface area contributed by atoms with Crippen molar-refractivity contribution < 1.29 is 14.6 Å². The maximum absolute atomic E-state index is 12.1. The lowest BCUT2D eigenvalue weighted by Gasteiger charge is -2.17. The number of hydrogen-bond acceptors (Lipinski definition) is 3. The van der Waals surface area contributed by atoms with Crippen LogP contribution in [0, 0.1) is 6.92 Å². The Hall–Kier alpha value is -1.68. The van der Waals surface area contributed by atoms with Crippen LogP contribution in [0.5, 0.6) is 5.75 Å². The smallest absolute Gasteiger partial charge is 0.256 e. The number of hydrogen-bond donors (Lipinski definition) is 2. The molecular formula is C14H16ClNO3. The molecule has 0 saturated heterocycles. The van der Waals surface area contributed by atoms with E-state index in [1.807, 2.05) is 6.92 Å². The van der Waals surface area contributed by atoms with Gasteiger partial charge in [0.25, 0.3) is 5.91 Å². The highest BCUT2D eigenvalue weighted by atomic mass is 35.5. The van der Waals surface area contributed by atoms with E-state index in [-0.39, 0.29) is 17.2 Å². The van der Waals surface area contributed by atoms with Gasteiger partial charge in [0, 0.05) is 10.6 Å². The van der Waals surface area contributed by atoms with E-state index < -0.39 is 5.54 Å². The van der Waals surface area contributed by atoms with Crippen molar-refractivity contribution in [2.24, 2.45) is 0 Å². The number of amides is 1. The molecule has 102 valence electrons. The van der Waals surface area contributed by atoms with E-state index >= 15 is 0 Å². The summed E-state index contributed by atoms with van der Waals surface area (Å²) >= 11 is 5.98. The molecule has 5 heteroatoms. The molecule has 1 aromatic rings. The minimum Gasteiger partial charge on any atom is -0.509 e. The largest absolute Gasteiger partial charge is 0.509 e. The first-order chi connectivity index (χ1) is 8.77. The van der Waals surface area contributed by atoms with Crippen LogP contribution in [0.25, 0.3) is 5.57 Å². The van der Waals surface area contributed by atoms with Gasteiger partial charge in [-0.1, -0.05) is 11.6 Å². The van der Waals surface area contributed by atoms with Gasteiger partial charge in [-0.15, -0.1) is 0 Å². The molecule has 4 nitrogen and oxygen atoms in total. The van der Waals surface area contributed by atoms with Gasteiger partial charge in [-0.05, 0) is 38.5 Å². The Morgan fingerprint density at radius 2 is 2.00 bits per heavy atom. The second-order valence-corrected chi connectivity index (χ2v) is 5.54. The lowest BCUT2D eigenvalue weighted by Crippen LogP contribution is -2.38. The minimum absolute atomic E-state index is 0.0150. The number of aliphatic hydroxyl groups is 1. The zero-order valence-corrected chi connectivity index (χ0v) is 12.1. The number of aliphatic hydroxyl groups excluding tert-OH is 1. The third kappa shape index (κ3) is 2.16. The van der Waals surface area contributed by atoms with Crippen LogP contribution in [0.4, 0.5) is 0 Å². The fourth-order valence-electron chi connectivity index (χ4n) is 2.25. The first-order valence-corrected chi connectivity index (χ1v) is 6.26. The minimum atomic E-state index is -0.774. The summed E-state index contributed by atoms with van der Waals surface area (Å²) in [4.78, 5) is 12.1.